The predicted molar refractivity (Wildman–Crippen MR) is 79.7 cm³/mol. The second kappa shape index (κ2) is 5.48. The first-order chi connectivity index (χ1) is 9.64. The summed E-state index contributed by atoms with van der Waals surface area (Å²) in [6.45, 7) is 6.22. The maximum Gasteiger partial charge on any atom is 0.407 e. The van der Waals surface area contributed by atoms with Gasteiger partial charge in [-0.2, -0.15) is 0 Å². The number of fused-ring (bicyclic) bond motifs is 2. The van der Waals surface area contributed by atoms with Crippen LogP contribution in [0.5, 0.6) is 0 Å². The lowest BCUT2D eigenvalue weighted by atomic mass is 9.83. The fraction of sp³-hybridized carbons (Fsp3) is 0.867. The van der Waals surface area contributed by atoms with Crippen molar-refractivity contribution in [3.63, 3.8) is 0 Å². The van der Waals surface area contributed by atoms with Crippen molar-refractivity contribution < 1.29 is 14.3 Å². The summed E-state index contributed by atoms with van der Waals surface area (Å²) in [5, 5.41) is 5.55. The van der Waals surface area contributed by atoms with Crippen LogP contribution < -0.4 is 16.4 Å². The maximum absolute atomic E-state index is 12.3. The van der Waals surface area contributed by atoms with Gasteiger partial charge in [0.25, 0.3) is 0 Å². The summed E-state index contributed by atoms with van der Waals surface area (Å²) in [5.41, 5.74) is 5.33. The molecule has 120 valence electrons. The van der Waals surface area contributed by atoms with Crippen LogP contribution in [0.25, 0.3) is 0 Å². The molecular formula is C15H27N3O3. The minimum absolute atomic E-state index is 0.0818. The first kappa shape index (κ1) is 16.1. The van der Waals surface area contributed by atoms with Gasteiger partial charge in [-0.25, -0.2) is 4.79 Å². The molecule has 6 heteroatoms. The van der Waals surface area contributed by atoms with Crippen LogP contribution in [0, 0.1) is 5.41 Å². The number of hydrogen-bond acceptors (Lipinski definition) is 4. The molecule has 0 spiro atoms. The Morgan fingerprint density at radius 3 is 2.14 bits per heavy atom. The van der Waals surface area contributed by atoms with Crippen molar-refractivity contribution in [1.82, 2.24) is 10.6 Å². The average molecular weight is 297 g/mol. The van der Waals surface area contributed by atoms with E-state index in [2.05, 4.69) is 10.6 Å². The summed E-state index contributed by atoms with van der Waals surface area (Å²) in [6, 6.07) is 0. The Morgan fingerprint density at radius 2 is 1.67 bits per heavy atom. The van der Waals surface area contributed by atoms with Gasteiger partial charge in [0, 0.05) is 18.6 Å². The van der Waals surface area contributed by atoms with Crippen LogP contribution in [-0.2, 0) is 9.53 Å². The average Bonchev–Trinajstić information content (AvgIpc) is 2.87. The van der Waals surface area contributed by atoms with E-state index in [1.165, 1.54) is 0 Å². The number of ether oxygens (including phenoxy) is 1. The molecule has 2 bridgehead atoms. The van der Waals surface area contributed by atoms with Gasteiger partial charge in [0.05, 0.1) is 5.41 Å². The number of alkyl carbamates (subject to hydrolysis) is 1. The minimum Gasteiger partial charge on any atom is -0.444 e. The highest BCUT2D eigenvalue weighted by molar-refractivity contribution is 5.83. The van der Waals surface area contributed by atoms with E-state index in [0.717, 1.165) is 32.1 Å². The third-order valence-electron chi connectivity index (χ3n) is 4.45. The minimum atomic E-state index is -0.509. The fourth-order valence-corrected chi connectivity index (χ4v) is 3.40. The number of nitrogens with one attached hydrogen (secondary N) is 2. The molecule has 21 heavy (non-hydrogen) atoms. The van der Waals surface area contributed by atoms with Crippen LogP contribution in [0.3, 0.4) is 0 Å². The molecule has 0 atom stereocenters. The number of amides is 2. The molecule has 0 heterocycles. The Kier molecular flexibility index (Phi) is 4.19. The van der Waals surface area contributed by atoms with Crippen LogP contribution in [0.1, 0.15) is 52.9 Å². The highest BCUT2D eigenvalue weighted by Gasteiger charge is 2.56. The number of carbonyl (C=O) groups excluding carboxylic acids is 2. The molecule has 0 radical (unpaired) electrons. The fourth-order valence-electron chi connectivity index (χ4n) is 3.40. The van der Waals surface area contributed by atoms with Crippen LogP contribution in [0.4, 0.5) is 4.79 Å². The van der Waals surface area contributed by atoms with Crippen LogP contribution in [0.2, 0.25) is 0 Å². The zero-order valence-electron chi connectivity index (χ0n) is 13.3. The molecule has 2 aliphatic carbocycles. The lowest BCUT2D eigenvalue weighted by Crippen LogP contribution is -2.42. The number of rotatable bonds is 4. The van der Waals surface area contributed by atoms with Gasteiger partial charge in [-0.15, -0.1) is 0 Å². The monoisotopic (exact) mass is 297 g/mol. The molecule has 2 amide bonds. The molecule has 2 aliphatic rings. The maximum atomic E-state index is 12.3. The topological polar surface area (TPSA) is 93.5 Å². The summed E-state index contributed by atoms with van der Waals surface area (Å²) in [5.74, 6) is 0.0818. The van der Waals surface area contributed by atoms with Gasteiger partial charge >= 0.3 is 6.09 Å². The molecule has 2 fully saturated rings. The van der Waals surface area contributed by atoms with E-state index in [0.29, 0.717) is 13.1 Å². The standard InChI is InChI=1S/C15H27N3O3/c1-13(2,3)21-12(20)18-9-8-17-11(19)14-4-6-15(16,10-14)7-5-14/h4-10,16H2,1-3H3,(H,17,19)(H,18,20). The molecule has 6 nitrogen and oxygen atoms in total. The highest BCUT2D eigenvalue weighted by atomic mass is 16.6. The molecule has 0 saturated heterocycles. The van der Waals surface area contributed by atoms with Crippen molar-refractivity contribution in [2.45, 2.75) is 64.0 Å². The second-order valence-corrected chi connectivity index (χ2v) is 7.50. The molecule has 0 aromatic carbocycles. The van der Waals surface area contributed by atoms with Gasteiger partial charge in [0.2, 0.25) is 5.91 Å². The van der Waals surface area contributed by atoms with E-state index in [4.69, 9.17) is 10.5 Å². The zero-order valence-corrected chi connectivity index (χ0v) is 13.3. The molecule has 0 unspecified atom stereocenters. The second-order valence-electron chi connectivity index (χ2n) is 7.50. The molecule has 0 aromatic heterocycles. The molecule has 0 aromatic rings. The summed E-state index contributed by atoms with van der Waals surface area (Å²) in [4.78, 5) is 23.8. The van der Waals surface area contributed by atoms with E-state index < -0.39 is 11.7 Å². The van der Waals surface area contributed by atoms with Gasteiger partial charge in [0.15, 0.2) is 0 Å². The number of carbonyl (C=O) groups is 2. The first-order valence-electron chi connectivity index (χ1n) is 7.68. The molecule has 2 saturated carbocycles. The molecule has 4 N–H and O–H groups in total. The zero-order chi connectivity index (χ0) is 15.7. The Morgan fingerprint density at radius 1 is 1.10 bits per heavy atom. The summed E-state index contributed by atoms with van der Waals surface area (Å²) >= 11 is 0. The molecule has 2 rings (SSSR count). The van der Waals surface area contributed by atoms with E-state index >= 15 is 0 Å². The first-order valence-corrected chi connectivity index (χ1v) is 7.68. The van der Waals surface area contributed by atoms with E-state index in [-0.39, 0.29) is 16.9 Å². The summed E-state index contributed by atoms with van der Waals surface area (Å²) < 4.78 is 5.13. The van der Waals surface area contributed by atoms with Crippen molar-refractivity contribution in [2.24, 2.45) is 11.1 Å². The third kappa shape index (κ3) is 3.87. The van der Waals surface area contributed by atoms with Gasteiger partial charge < -0.3 is 21.1 Å². The predicted octanol–water partition coefficient (Wildman–Crippen LogP) is 1.29. The van der Waals surface area contributed by atoms with Gasteiger partial charge in [-0.1, -0.05) is 0 Å². The van der Waals surface area contributed by atoms with Gasteiger partial charge in [0.1, 0.15) is 5.60 Å². The summed E-state index contributed by atoms with van der Waals surface area (Å²) in [6.07, 6.45) is 3.99. The van der Waals surface area contributed by atoms with Crippen molar-refractivity contribution in [1.29, 1.82) is 0 Å². The van der Waals surface area contributed by atoms with E-state index in [1.54, 1.807) is 0 Å². The normalized spacial score (nSPS) is 31.0. The Hall–Kier alpha value is -1.30. The van der Waals surface area contributed by atoms with Crippen LogP contribution in [-0.4, -0.2) is 36.2 Å². The number of hydrogen-bond donors (Lipinski definition) is 3. The lowest BCUT2D eigenvalue weighted by molar-refractivity contribution is -0.130. The quantitative estimate of drug-likeness (QED) is 0.682. The van der Waals surface area contributed by atoms with Gasteiger partial charge in [-0.05, 0) is 52.9 Å². The van der Waals surface area contributed by atoms with Crippen LogP contribution >= 0.6 is 0 Å². The highest BCUT2D eigenvalue weighted by Crippen LogP contribution is 2.55. The number of nitrogens with two attached hydrogens (primary N) is 1. The van der Waals surface area contributed by atoms with Crippen molar-refractivity contribution in [3.8, 4) is 0 Å². The third-order valence-corrected chi connectivity index (χ3v) is 4.45. The van der Waals surface area contributed by atoms with Crippen molar-refractivity contribution >= 4 is 12.0 Å². The lowest BCUT2D eigenvalue weighted by Gasteiger charge is -2.25. The van der Waals surface area contributed by atoms with E-state index in [1.807, 2.05) is 20.8 Å². The SMILES string of the molecule is CC(C)(C)OC(=O)NCCNC(=O)C12CCC(N)(CC1)C2. The molecular weight excluding hydrogens is 270 g/mol. The Labute approximate surface area is 126 Å². The van der Waals surface area contributed by atoms with Crippen molar-refractivity contribution in [2.75, 3.05) is 13.1 Å². The summed E-state index contributed by atoms with van der Waals surface area (Å²) in [7, 11) is 0. The Bertz CT molecular complexity index is 420. The van der Waals surface area contributed by atoms with Crippen LogP contribution in [0.15, 0.2) is 0 Å². The van der Waals surface area contributed by atoms with E-state index in [9.17, 15) is 9.59 Å². The molecule has 0 aliphatic heterocycles. The largest absolute Gasteiger partial charge is 0.444 e. The smallest absolute Gasteiger partial charge is 0.407 e. The van der Waals surface area contributed by atoms with Crippen molar-refractivity contribution in [3.05, 3.63) is 0 Å². The van der Waals surface area contributed by atoms with Gasteiger partial charge in [-0.3, -0.25) is 4.79 Å². The Balaban J connectivity index is 1.68.